The third kappa shape index (κ3) is 4.35. The highest BCUT2D eigenvalue weighted by molar-refractivity contribution is 6.05. The summed E-state index contributed by atoms with van der Waals surface area (Å²) in [5.41, 5.74) is 0.445. The van der Waals surface area contributed by atoms with Gasteiger partial charge in [0.15, 0.2) is 17.5 Å². The number of halogens is 3. The third-order valence-corrected chi connectivity index (χ3v) is 3.84. The minimum absolute atomic E-state index is 0.0449. The van der Waals surface area contributed by atoms with Gasteiger partial charge < -0.3 is 10.6 Å². The summed E-state index contributed by atoms with van der Waals surface area (Å²) in [6.45, 7) is 0.288. The molecule has 142 valence electrons. The van der Waals surface area contributed by atoms with Crippen molar-refractivity contribution >= 4 is 17.5 Å². The number of benzene rings is 2. The van der Waals surface area contributed by atoms with Crippen molar-refractivity contribution in [2.24, 2.45) is 0 Å². The van der Waals surface area contributed by atoms with Gasteiger partial charge in [-0.15, -0.1) is 0 Å². The van der Waals surface area contributed by atoms with E-state index in [0.717, 1.165) is 11.6 Å². The average Bonchev–Trinajstić information content (AvgIpc) is 2.73. The van der Waals surface area contributed by atoms with E-state index in [2.05, 4.69) is 15.6 Å². The minimum Gasteiger partial charge on any atom is -0.348 e. The normalized spacial score (nSPS) is 10.4. The Morgan fingerprint density at radius 1 is 0.857 bits per heavy atom. The summed E-state index contributed by atoms with van der Waals surface area (Å²) >= 11 is 0. The summed E-state index contributed by atoms with van der Waals surface area (Å²) in [6.07, 6.45) is 2.44. The molecule has 0 aliphatic rings. The quantitative estimate of drug-likeness (QED) is 0.658. The molecule has 0 aliphatic heterocycles. The molecule has 2 amide bonds. The van der Waals surface area contributed by atoms with Crippen LogP contribution in [0.25, 0.3) is 0 Å². The van der Waals surface area contributed by atoms with Crippen LogP contribution in [-0.4, -0.2) is 16.8 Å². The summed E-state index contributed by atoms with van der Waals surface area (Å²) < 4.78 is 39.9. The Kier molecular flexibility index (Phi) is 5.69. The second-order valence-corrected chi connectivity index (χ2v) is 5.81. The maximum Gasteiger partial charge on any atom is 0.257 e. The van der Waals surface area contributed by atoms with Crippen LogP contribution in [0.1, 0.15) is 26.3 Å². The summed E-state index contributed by atoms with van der Waals surface area (Å²) in [5.74, 6) is -5.85. The molecule has 3 rings (SSSR count). The van der Waals surface area contributed by atoms with Crippen molar-refractivity contribution in [1.82, 2.24) is 10.3 Å². The fourth-order valence-corrected chi connectivity index (χ4v) is 2.39. The monoisotopic (exact) mass is 385 g/mol. The molecule has 2 N–H and O–H groups in total. The van der Waals surface area contributed by atoms with Crippen molar-refractivity contribution < 1.29 is 22.8 Å². The minimum atomic E-state index is -1.69. The molecule has 0 atom stereocenters. The molecule has 0 aliphatic carbocycles. The molecular formula is C20H14F3N3O2. The molecule has 1 heterocycles. The van der Waals surface area contributed by atoms with Gasteiger partial charge in [-0.05, 0) is 23.8 Å². The Hall–Kier alpha value is -3.68. The molecule has 0 saturated carbocycles. The molecule has 28 heavy (non-hydrogen) atoms. The summed E-state index contributed by atoms with van der Waals surface area (Å²) in [5, 5.41) is 4.82. The lowest BCUT2D eigenvalue weighted by molar-refractivity contribution is 0.0950. The van der Waals surface area contributed by atoms with Gasteiger partial charge in [0, 0.05) is 18.9 Å². The van der Waals surface area contributed by atoms with Crippen molar-refractivity contribution in [3.8, 4) is 0 Å². The molecule has 0 unspecified atom stereocenters. The van der Waals surface area contributed by atoms with Crippen LogP contribution < -0.4 is 10.6 Å². The van der Waals surface area contributed by atoms with Gasteiger partial charge in [-0.25, -0.2) is 13.2 Å². The first-order valence-corrected chi connectivity index (χ1v) is 8.17. The first kappa shape index (κ1) is 19.1. The van der Waals surface area contributed by atoms with Crippen LogP contribution in [0.3, 0.4) is 0 Å². The molecule has 5 nitrogen and oxygen atoms in total. The SMILES string of the molecule is O=C(NCc1ccccc1)c1cncc(C(=O)Nc2ccc(F)c(F)c2F)c1. The number of nitrogens with zero attached hydrogens (tertiary/aromatic N) is 1. The standard InChI is InChI=1S/C20H14F3N3O2/c21-15-6-7-16(18(23)17(15)22)26-20(28)14-8-13(10-24-11-14)19(27)25-9-12-4-2-1-3-5-12/h1-8,10-11H,9H2,(H,25,27)(H,26,28). The lowest BCUT2D eigenvalue weighted by atomic mass is 10.1. The Morgan fingerprint density at radius 2 is 1.54 bits per heavy atom. The van der Waals surface area contributed by atoms with E-state index >= 15 is 0 Å². The topological polar surface area (TPSA) is 71.1 Å². The van der Waals surface area contributed by atoms with Crippen LogP contribution in [-0.2, 0) is 6.54 Å². The van der Waals surface area contributed by atoms with E-state index in [0.29, 0.717) is 6.07 Å². The van der Waals surface area contributed by atoms with Crippen molar-refractivity contribution in [1.29, 1.82) is 0 Å². The number of hydrogen-bond acceptors (Lipinski definition) is 3. The maximum absolute atomic E-state index is 13.7. The zero-order chi connectivity index (χ0) is 20.1. The Labute approximate surface area is 158 Å². The number of anilines is 1. The molecule has 2 aromatic carbocycles. The lowest BCUT2D eigenvalue weighted by Gasteiger charge is -2.09. The first-order chi connectivity index (χ1) is 13.5. The third-order valence-electron chi connectivity index (χ3n) is 3.84. The van der Waals surface area contributed by atoms with E-state index in [1.807, 2.05) is 30.3 Å². The Morgan fingerprint density at radius 3 is 2.25 bits per heavy atom. The second-order valence-electron chi connectivity index (χ2n) is 5.81. The highest BCUT2D eigenvalue weighted by Gasteiger charge is 2.17. The smallest absolute Gasteiger partial charge is 0.257 e. The van der Waals surface area contributed by atoms with Gasteiger partial charge in [0.1, 0.15) is 0 Å². The molecule has 3 aromatic rings. The fraction of sp³-hybridized carbons (Fsp3) is 0.0500. The van der Waals surface area contributed by atoms with Crippen LogP contribution in [0, 0.1) is 17.5 Å². The number of hydrogen-bond donors (Lipinski definition) is 2. The number of pyridine rings is 1. The van der Waals surface area contributed by atoms with Crippen molar-refractivity contribution in [2.45, 2.75) is 6.54 Å². The lowest BCUT2D eigenvalue weighted by Crippen LogP contribution is -2.23. The van der Waals surface area contributed by atoms with Crippen LogP contribution in [0.2, 0.25) is 0 Å². The van der Waals surface area contributed by atoms with Crippen molar-refractivity contribution in [3.05, 3.63) is 95.1 Å². The highest BCUT2D eigenvalue weighted by atomic mass is 19.2. The largest absolute Gasteiger partial charge is 0.348 e. The summed E-state index contributed by atoms with van der Waals surface area (Å²) in [7, 11) is 0. The number of nitrogens with one attached hydrogen (secondary N) is 2. The molecule has 1 aromatic heterocycles. The number of carbonyl (C=O) groups excluding carboxylic acids is 2. The summed E-state index contributed by atoms with van der Waals surface area (Å²) in [6, 6.07) is 12.1. The van der Waals surface area contributed by atoms with E-state index in [1.54, 1.807) is 0 Å². The van der Waals surface area contributed by atoms with E-state index < -0.39 is 35.0 Å². The van der Waals surface area contributed by atoms with Gasteiger partial charge in [0.25, 0.3) is 11.8 Å². The van der Waals surface area contributed by atoms with Crippen LogP contribution in [0.15, 0.2) is 60.9 Å². The fourth-order valence-electron chi connectivity index (χ4n) is 2.39. The molecule has 0 saturated heterocycles. The summed E-state index contributed by atoms with van der Waals surface area (Å²) in [4.78, 5) is 28.3. The van der Waals surface area contributed by atoms with Gasteiger partial charge in [0.2, 0.25) is 0 Å². The Bertz CT molecular complexity index is 1030. The predicted molar refractivity (Wildman–Crippen MR) is 96.1 cm³/mol. The number of carbonyl (C=O) groups is 2. The van der Waals surface area contributed by atoms with E-state index in [1.165, 1.54) is 18.5 Å². The molecule has 8 heteroatoms. The van der Waals surface area contributed by atoms with Crippen LogP contribution >= 0.6 is 0 Å². The number of rotatable bonds is 5. The maximum atomic E-state index is 13.7. The second kappa shape index (κ2) is 8.34. The van der Waals surface area contributed by atoms with Gasteiger partial charge in [-0.3, -0.25) is 14.6 Å². The zero-order valence-electron chi connectivity index (χ0n) is 14.4. The predicted octanol–water partition coefficient (Wildman–Crippen LogP) is 3.68. The molecule has 0 spiro atoms. The van der Waals surface area contributed by atoms with Gasteiger partial charge in [0.05, 0.1) is 16.8 Å². The number of amides is 2. The average molecular weight is 385 g/mol. The van der Waals surface area contributed by atoms with Gasteiger partial charge >= 0.3 is 0 Å². The van der Waals surface area contributed by atoms with E-state index in [9.17, 15) is 22.8 Å². The van der Waals surface area contributed by atoms with Crippen LogP contribution in [0.5, 0.6) is 0 Å². The Balaban J connectivity index is 1.71. The first-order valence-electron chi connectivity index (χ1n) is 8.17. The molecular weight excluding hydrogens is 371 g/mol. The zero-order valence-corrected chi connectivity index (χ0v) is 14.4. The van der Waals surface area contributed by atoms with E-state index in [-0.39, 0.29) is 17.7 Å². The van der Waals surface area contributed by atoms with Crippen LogP contribution in [0.4, 0.5) is 18.9 Å². The molecule has 0 fully saturated rings. The van der Waals surface area contributed by atoms with Crippen molar-refractivity contribution in [3.63, 3.8) is 0 Å². The highest BCUT2D eigenvalue weighted by Crippen LogP contribution is 2.20. The van der Waals surface area contributed by atoms with Gasteiger partial charge in [-0.2, -0.15) is 0 Å². The van der Waals surface area contributed by atoms with Gasteiger partial charge in [-0.1, -0.05) is 30.3 Å². The molecule has 0 radical (unpaired) electrons. The number of aromatic nitrogens is 1. The van der Waals surface area contributed by atoms with E-state index in [4.69, 9.17) is 0 Å². The van der Waals surface area contributed by atoms with Crippen molar-refractivity contribution in [2.75, 3.05) is 5.32 Å². The molecule has 0 bridgehead atoms.